The van der Waals surface area contributed by atoms with Crippen molar-refractivity contribution in [3.05, 3.63) is 22.3 Å². The summed E-state index contributed by atoms with van der Waals surface area (Å²) in [6.07, 6.45) is 4.55. The number of rotatable bonds is 7. The highest BCUT2D eigenvalue weighted by Gasteiger charge is 2.11. The standard InChI is InChI=1S/C14H18I3NO2/c1-2-20-12(19)7-5-3-4-6-9-10(15)8-11(16)14(18)13(9)17/h8H,2-7,18H2,1H3. The number of carbonyl (C=O) groups is 1. The molecule has 20 heavy (non-hydrogen) atoms. The van der Waals surface area contributed by atoms with Crippen LogP contribution in [0.5, 0.6) is 0 Å². The van der Waals surface area contributed by atoms with Crippen molar-refractivity contribution in [2.45, 2.75) is 39.0 Å². The van der Waals surface area contributed by atoms with Crippen LogP contribution in [0.1, 0.15) is 38.2 Å². The molecular weight excluding hydrogens is 595 g/mol. The maximum atomic E-state index is 11.2. The van der Waals surface area contributed by atoms with Crippen molar-refractivity contribution >= 4 is 79.4 Å². The Morgan fingerprint density at radius 3 is 2.55 bits per heavy atom. The second-order valence-corrected chi connectivity index (χ2v) is 7.82. The number of unbranched alkanes of at least 4 members (excludes halogenated alkanes) is 2. The number of esters is 1. The van der Waals surface area contributed by atoms with Crippen LogP contribution in [-0.4, -0.2) is 12.6 Å². The van der Waals surface area contributed by atoms with Crippen molar-refractivity contribution in [3.63, 3.8) is 0 Å². The van der Waals surface area contributed by atoms with Crippen LogP contribution < -0.4 is 5.73 Å². The summed E-state index contributed by atoms with van der Waals surface area (Å²) in [6.45, 7) is 2.31. The predicted octanol–water partition coefficient (Wildman–Crippen LogP) is 4.75. The summed E-state index contributed by atoms with van der Waals surface area (Å²) in [7, 11) is 0. The fourth-order valence-corrected chi connectivity index (χ4v) is 5.77. The molecule has 0 fully saturated rings. The van der Waals surface area contributed by atoms with Crippen LogP contribution in [0.2, 0.25) is 0 Å². The lowest BCUT2D eigenvalue weighted by Crippen LogP contribution is -2.04. The maximum Gasteiger partial charge on any atom is 0.305 e. The van der Waals surface area contributed by atoms with E-state index in [-0.39, 0.29) is 5.97 Å². The van der Waals surface area contributed by atoms with Crippen LogP contribution >= 0.6 is 67.8 Å². The first kappa shape index (κ1) is 18.7. The molecule has 0 unspecified atom stereocenters. The molecule has 0 heterocycles. The topological polar surface area (TPSA) is 52.3 Å². The van der Waals surface area contributed by atoms with Crippen LogP contribution in [0.3, 0.4) is 0 Å². The van der Waals surface area contributed by atoms with Gasteiger partial charge in [-0.05, 0) is 106 Å². The SMILES string of the molecule is CCOC(=O)CCCCCc1c(I)cc(I)c(N)c1I. The second kappa shape index (κ2) is 9.65. The minimum Gasteiger partial charge on any atom is -0.466 e. The molecule has 0 aliphatic heterocycles. The monoisotopic (exact) mass is 613 g/mol. The van der Waals surface area contributed by atoms with Gasteiger partial charge in [0.25, 0.3) is 0 Å². The number of hydrogen-bond acceptors (Lipinski definition) is 3. The van der Waals surface area contributed by atoms with Gasteiger partial charge in [-0.3, -0.25) is 4.79 Å². The summed E-state index contributed by atoms with van der Waals surface area (Å²) in [5.74, 6) is -0.0878. The summed E-state index contributed by atoms with van der Waals surface area (Å²) >= 11 is 6.97. The van der Waals surface area contributed by atoms with Gasteiger partial charge in [0.2, 0.25) is 0 Å². The Morgan fingerprint density at radius 2 is 1.90 bits per heavy atom. The van der Waals surface area contributed by atoms with E-state index < -0.39 is 0 Å². The molecule has 0 aromatic heterocycles. The number of ether oxygens (including phenoxy) is 1. The molecule has 0 radical (unpaired) electrons. The Hall–Kier alpha value is 0.680. The predicted molar refractivity (Wildman–Crippen MR) is 108 cm³/mol. The van der Waals surface area contributed by atoms with E-state index >= 15 is 0 Å². The molecule has 0 saturated carbocycles. The molecule has 1 aromatic rings. The fourth-order valence-electron chi connectivity index (χ4n) is 1.86. The zero-order valence-electron chi connectivity index (χ0n) is 11.3. The molecule has 1 rings (SSSR count). The van der Waals surface area contributed by atoms with Crippen molar-refractivity contribution in [2.75, 3.05) is 12.3 Å². The Bertz CT molecular complexity index is 478. The zero-order chi connectivity index (χ0) is 15.1. The third kappa shape index (κ3) is 5.82. The number of carbonyl (C=O) groups excluding carboxylic acids is 1. The first-order valence-electron chi connectivity index (χ1n) is 6.54. The lowest BCUT2D eigenvalue weighted by molar-refractivity contribution is -0.143. The van der Waals surface area contributed by atoms with Gasteiger partial charge in [-0.15, -0.1) is 0 Å². The number of hydrogen-bond donors (Lipinski definition) is 1. The third-order valence-electron chi connectivity index (χ3n) is 2.91. The molecule has 2 N–H and O–H groups in total. The summed E-state index contributed by atoms with van der Waals surface area (Å²) in [4.78, 5) is 11.2. The Kier molecular flexibility index (Phi) is 9.03. The summed E-state index contributed by atoms with van der Waals surface area (Å²) in [5.41, 5.74) is 8.29. The summed E-state index contributed by atoms with van der Waals surface area (Å²) in [6, 6.07) is 2.13. The summed E-state index contributed by atoms with van der Waals surface area (Å²) < 4.78 is 8.47. The molecule has 0 bridgehead atoms. The van der Waals surface area contributed by atoms with Crippen molar-refractivity contribution in [1.29, 1.82) is 0 Å². The molecule has 0 aliphatic rings. The first-order valence-corrected chi connectivity index (χ1v) is 9.78. The van der Waals surface area contributed by atoms with Gasteiger partial charge in [0.15, 0.2) is 0 Å². The van der Waals surface area contributed by atoms with Gasteiger partial charge < -0.3 is 10.5 Å². The molecule has 0 spiro atoms. The highest BCUT2D eigenvalue weighted by atomic mass is 127. The number of halogens is 3. The van der Waals surface area contributed by atoms with Crippen LogP contribution in [0.15, 0.2) is 6.07 Å². The molecular formula is C14H18I3NO2. The number of benzene rings is 1. The molecule has 112 valence electrons. The van der Waals surface area contributed by atoms with Crippen LogP contribution in [-0.2, 0) is 16.0 Å². The minimum absolute atomic E-state index is 0.0878. The molecule has 0 amide bonds. The highest BCUT2D eigenvalue weighted by Crippen LogP contribution is 2.30. The number of nitrogen functional groups attached to an aromatic ring is 1. The number of nitrogens with two attached hydrogens (primary N) is 1. The molecule has 1 aromatic carbocycles. The van der Waals surface area contributed by atoms with Gasteiger partial charge in [0.1, 0.15) is 0 Å². The normalized spacial score (nSPS) is 10.6. The third-order valence-corrected chi connectivity index (χ3v) is 6.00. The van der Waals surface area contributed by atoms with Crippen molar-refractivity contribution < 1.29 is 9.53 Å². The quantitative estimate of drug-likeness (QED) is 0.209. The zero-order valence-corrected chi connectivity index (χ0v) is 17.8. The smallest absolute Gasteiger partial charge is 0.305 e. The Morgan fingerprint density at radius 1 is 1.20 bits per heavy atom. The van der Waals surface area contributed by atoms with E-state index in [0.717, 1.165) is 34.9 Å². The van der Waals surface area contributed by atoms with E-state index in [1.165, 1.54) is 12.7 Å². The Labute approximate surface area is 161 Å². The number of anilines is 1. The van der Waals surface area contributed by atoms with Gasteiger partial charge in [0, 0.05) is 17.1 Å². The van der Waals surface area contributed by atoms with E-state index in [4.69, 9.17) is 10.5 Å². The fraction of sp³-hybridized carbons (Fsp3) is 0.500. The van der Waals surface area contributed by atoms with Crippen LogP contribution in [0.25, 0.3) is 0 Å². The minimum atomic E-state index is -0.0878. The molecule has 3 nitrogen and oxygen atoms in total. The van der Waals surface area contributed by atoms with Crippen molar-refractivity contribution in [1.82, 2.24) is 0 Å². The van der Waals surface area contributed by atoms with E-state index in [1.807, 2.05) is 6.92 Å². The van der Waals surface area contributed by atoms with E-state index in [2.05, 4.69) is 73.8 Å². The van der Waals surface area contributed by atoms with E-state index in [9.17, 15) is 4.79 Å². The van der Waals surface area contributed by atoms with Crippen LogP contribution in [0.4, 0.5) is 5.69 Å². The first-order chi connectivity index (χ1) is 9.47. The lowest BCUT2D eigenvalue weighted by atomic mass is 10.1. The second-order valence-electron chi connectivity index (χ2n) is 4.41. The largest absolute Gasteiger partial charge is 0.466 e. The average Bonchev–Trinajstić information content (AvgIpc) is 2.39. The average molecular weight is 613 g/mol. The van der Waals surface area contributed by atoms with E-state index in [0.29, 0.717) is 13.0 Å². The van der Waals surface area contributed by atoms with Gasteiger partial charge in [-0.1, -0.05) is 6.42 Å². The maximum absolute atomic E-state index is 11.2. The van der Waals surface area contributed by atoms with Gasteiger partial charge in [-0.2, -0.15) is 0 Å². The van der Waals surface area contributed by atoms with Crippen LogP contribution in [0, 0.1) is 10.7 Å². The lowest BCUT2D eigenvalue weighted by Gasteiger charge is -2.11. The molecule has 0 atom stereocenters. The molecule has 0 saturated heterocycles. The Balaban J connectivity index is 2.43. The van der Waals surface area contributed by atoms with Crippen molar-refractivity contribution in [2.24, 2.45) is 0 Å². The van der Waals surface area contributed by atoms with Gasteiger partial charge >= 0.3 is 5.97 Å². The molecule has 6 heteroatoms. The summed E-state index contributed by atoms with van der Waals surface area (Å²) in [5, 5.41) is 0. The van der Waals surface area contributed by atoms with Gasteiger partial charge in [0.05, 0.1) is 12.3 Å². The molecule has 0 aliphatic carbocycles. The van der Waals surface area contributed by atoms with Gasteiger partial charge in [-0.25, -0.2) is 0 Å². The van der Waals surface area contributed by atoms with Crippen molar-refractivity contribution in [3.8, 4) is 0 Å². The van der Waals surface area contributed by atoms with E-state index in [1.54, 1.807) is 0 Å². The highest BCUT2D eigenvalue weighted by molar-refractivity contribution is 14.1.